The van der Waals surface area contributed by atoms with Crippen LogP contribution in [0.1, 0.15) is 37.9 Å². The molecule has 3 heterocycles. The van der Waals surface area contributed by atoms with Gasteiger partial charge in [0.2, 0.25) is 5.95 Å². The first kappa shape index (κ1) is 13.4. The maximum Gasteiger partial charge on any atom is 0.202 e. The van der Waals surface area contributed by atoms with Crippen LogP contribution in [0.5, 0.6) is 0 Å². The van der Waals surface area contributed by atoms with Crippen LogP contribution in [0.25, 0.3) is 11.2 Å². The Labute approximate surface area is 119 Å². The molecule has 0 bridgehead atoms. The van der Waals surface area contributed by atoms with E-state index in [9.17, 15) is 0 Å². The zero-order chi connectivity index (χ0) is 14.3. The Hall–Kier alpha value is -1.56. The van der Waals surface area contributed by atoms with Gasteiger partial charge in [-0.15, -0.1) is 0 Å². The van der Waals surface area contributed by atoms with Crippen molar-refractivity contribution in [2.45, 2.75) is 39.2 Å². The highest BCUT2D eigenvalue weighted by Crippen LogP contribution is 2.30. The minimum Gasteiger partial charge on any atom is -0.369 e. The zero-order valence-electron chi connectivity index (χ0n) is 12.6. The number of piperidine rings is 1. The maximum absolute atomic E-state index is 6.16. The van der Waals surface area contributed by atoms with Crippen LogP contribution in [0.15, 0.2) is 0 Å². The van der Waals surface area contributed by atoms with Crippen LogP contribution < -0.4 is 5.73 Å². The van der Waals surface area contributed by atoms with Gasteiger partial charge in [0.25, 0.3) is 0 Å². The number of hydrogen-bond donors (Lipinski definition) is 1. The summed E-state index contributed by atoms with van der Waals surface area (Å²) in [6, 6.07) is 0.447. The van der Waals surface area contributed by atoms with E-state index in [4.69, 9.17) is 5.73 Å². The van der Waals surface area contributed by atoms with Gasteiger partial charge in [0.1, 0.15) is 5.52 Å². The summed E-state index contributed by atoms with van der Waals surface area (Å²) in [7, 11) is 1.97. The Morgan fingerprint density at radius 1 is 1.30 bits per heavy atom. The molecule has 1 aliphatic rings. The third-order valence-electron chi connectivity index (χ3n) is 4.32. The normalized spacial score (nSPS) is 18.1. The predicted octanol–water partition coefficient (Wildman–Crippen LogP) is 1.71. The molecule has 0 aliphatic carbocycles. The fourth-order valence-electron chi connectivity index (χ4n) is 3.39. The quantitative estimate of drug-likeness (QED) is 0.927. The molecule has 1 fully saturated rings. The average molecular weight is 276 g/mol. The van der Waals surface area contributed by atoms with E-state index in [1.165, 1.54) is 13.0 Å². The van der Waals surface area contributed by atoms with Crippen LogP contribution in [-0.2, 0) is 7.05 Å². The van der Waals surface area contributed by atoms with Crippen molar-refractivity contribution in [1.29, 1.82) is 0 Å². The molecular formula is C14H24N6. The molecule has 6 nitrogen and oxygen atoms in total. The molecule has 110 valence electrons. The van der Waals surface area contributed by atoms with E-state index in [0.29, 0.717) is 12.0 Å². The number of aryl methyl sites for hydroxylation is 2. The van der Waals surface area contributed by atoms with Gasteiger partial charge in [-0.25, -0.2) is 4.98 Å². The van der Waals surface area contributed by atoms with Gasteiger partial charge < -0.3 is 10.6 Å². The van der Waals surface area contributed by atoms with E-state index in [0.717, 1.165) is 42.8 Å². The number of anilines is 1. The molecule has 0 amide bonds. The molecule has 1 saturated heterocycles. The Morgan fingerprint density at radius 2 is 2.00 bits per heavy atom. The molecule has 2 aromatic rings. The lowest BCUT2D eigenvalue weighted by atomic mass is 10.0. The lowest BCUT2D eigenvalue weighted by Crippen LogP contribution is -2.35. The summed E-state index contributed by atoms with van der Waals surface area (Å²) >= 11 is 0. The molecule has 0 aromatic carbocycles. The molecule has 0 saturated carbocycles. The second-order valence-electron chi connectivity index (χ2n) is 5.79. The van der Waals surface area contributed by atoms with E-state index in [1.54, 1.807) is 0 Å². The Balaban J connectivity index is 1.89. The summed E-state index contributed by atoms with van der Waals surface area (Å²) < 4.78 is 4.10. The number of likely N-dealkylation sites (tertiary alicyclic amines) is 1. The monoisotopic (exact) mass is 276 g/mol. The molecule has 0 spiro atoms. The van der Waals surface area contributed by atoms with Crippen molar-refractivity contribution < 1.29 is 0 Å². The molecule has 6 heteroatoms. The van der Waals surface area contributed by atoms with Crippen molar-refractivity contribution in [2.24, 2.45) is 7.05 Å². The van der Waals surface area contributed by atoms with Crippen molar-refractivity contribution >= 4 is 17.1 Å². The molecule has 2 N–H and O–H groups in total. The van der Waals surface area contributed by atoms with Crippen LogP contribution in [-0.4, -0.2) is 43.9 Å². The fourth-order valence-corrected chi connectivity index (χ4v) is 3.39. The maximum atomic E-state index is 6.16. The van der Waals surface area contributed by atoms with E-state index in [1.807, 2.05) is 18.7 Å². The summed E-state index contributed by atoms with van der Waals surface area (Å²) in [6.45, 7) is 7.72. The highest BCUT2D eigenvalue weighted by atomic mass is 15.4. The number of nitrogens with two attached hydrogens (primary N) is 1. The fraction of sp³-hybridized carbons (Fsp3) is 0.714. The number of rotatable bonds is 3. The third kappa shape index (κ3) is 2.08. The Kier molecular flexibility index (Phi) is 3.41. The van der Waals surface area contributed by atoms with Crippen molar-refractivity contribution in [1.82, 2.24) is 24.2 Å². The van der Waals surface area contributed by atoms with E-state index in [-0.39, 0.29) is 0 Å². The number of imidazole rings is 1. The van der Waals surface area contributed by atoms with Gasteiger partial charge >= 0.3 is 0 Å². The average Bonchev–Trinajstić information content (AvgIpc) is 2.89. The lowest BCUT2D eigenvalue weighted by Gasteiger charge is -2.32. The summed E-state index contributed by atoms with van der Waals surface area (Å²) in [5.74, 6) is 0.630. The smallest absolute Gasteiger partial charge is 0.202 e. The predicted molar refractivity (Wildman–Crippen MR) is 80.7 cm³/mol. The van der Waals surface area contributed by atoms with Crippen molar-refractivity contribution in [3.63, 3.8) is 0 Å². The Morgan fingerprint density at radius 3 is 2.65 bits per heavy atom. The van der Waals surface area contributed by atoms with Crippen LogP contribution in [0.2, 0.25) is 0 Å². The Bertz CT molecular complexity index is 603. The molecule has 3 rings (SSSR count). The number of fused-ring (bicyclic) bond motifs is 1. The summed E-state index contributed by atoms with van der Waals surface area (Å²) in [4.78, 5) is 7.04. The van der Waals surface area contributed by atoms with E-state index in [2.05, 4.69) is 26.5 Å². The summed E-state index contributed by atoms with van der Waals surface area (Å²) in [5.41, 5.74) is 9.12. The van der Waals surface area contributed by atoms with Crippen LogP contribution in [0, 0.1) is 6.92 Å². The van der Waals surface area contributed by atoms with Crippen molar-refractivity contribution in [3.05, 3.63) is 5.69 Å². The minimum absolute atomic E-state index is 0.447. The molecule has 0 radical (unpaired) electrons. The first-order chi connectivity index (χ1) is 9.61. The molecular weight excluding hydrogens is 252 g/mol. The van der Waals surface area contributed by atoms with Gasteiger partial charge in [0, 0.05) is 26.2 Å². The van der Waals surface area contributed by atoms with Gasteiger partial charge in [0.15, 0.2) is 5.65 Å². The van der Waals surface area contributed by atoms with Gasteiger partial charge in [-0.05, 0) is 32.7 Å². The largest absolute Gasteiger partial charge is 0.369 e. The second kappa shape index (κ2) is 5.09. The first-order valence-electron chi connectivity index (χ1n) is 7.51. The summed E-state index contributed by atoms with van der Waals surface area (Å²) in [6.07, 6.45) is 3.50. The molecule has 2 aromatic heterocycles. The minimum atomic E-state index is 0.447. The number of nitrogens with zero attached hydrogens (tertiary/aromatic N) is 5. The van der Waals surface area contributed by atoms with Crippen molar-refractivity contribution in [3.8, 4) is 0 Å². The van der Waals surface area contributed by atoms with Crippen LogP contribution in [0.4, 0.5) is 5.95 Å². The SMILES string of the molecule is CCCN1CCC(n2c(N)nc3c(C)nn(C)c32)CC1. The third-order valence-corrected chi connectivity index (χ3v) is 4.32. The number of aromatic nitrogens is 4. The standard InChI is InChI=1S/C14H24N6/c1-4-7-19-8-5-11(6-9-19)20-13-12(16-14(20)15)10(2)17-18(13)3/h11H,4-9H2,1-3H3,(H2,15,16). The molecule has 20 heavy (non-hydrogen) atoms. The highest BCUT2D eigenvalue weighted by molar-refractivity contribution is 5.77. The number of nitrogen functional groups attached to an aromatic ring is 1. The topological polar surface area (TPSA) is 64.9 Å². The van der Waals surface area contributed by atoms with E-state index < -0.39 is 0 Å². The molecule has 0 atom stereocenters. The zero-order valence-corrected chi connectivity index (χ0v) is 12.6. The van der Waals surface area contributed by atoms with Gasteiger partial charge in [-0.1, -0.05) is 6.92 Å². The van der Waals surface area contributed by atoms with E-state index >= 15 is 0 Å². The van der Waals surface area contributed by atoms with Gasteiger partial charge in [0.05, 0.1) is 5.69 Å². The van der Waals surface area contributed by atoms with Gasteiger partial charge in [-0.3, -0.25) is 9.25 Å². The molecule has 0 unspecified atom stereocenters. The van der Waals surface area contributed by atoms with Crippen LogP contribution in [0.3, 0.4) is 0 Å². The highest BCUT2D eigenvalue weighted by Gasteiger charge is 2.25. The lowest BCUT2D eigenvalue weighted by molar-refractivity contribution is 0.189. The van der Waals surface area contributed by atoms with Crippen molar-refractivity contribution in [2.75, 3.05) is 25.4 Å². The van der Waals surface area contributed by atoms with Crippen LogP contribution >= 0.6 is 0 Å². The second-order valence-corrected chi connectivity index (χ2v) is 5.79. The summed E-state index contributed by atoms with van der Waals surface area (Å²) in [5, 5.41) is 4.46. The molecule has 1 aliphatic heterocycles. The number of hydrogen-bond acceptors (Lipinski definition) is 4. The first-order valence-corrected chi connectivity index (χ1v) is 7.51. The van der Waals surface area contributed by atoms with Gasteiger partial charge in [-0.2, -0.15) is 5.10 Å².